The first-order chi connectivity index (χ1) is 21.6. The molecule has 238 valence electrons. The fourth-order valence-electron chi connectivity index (χ4n) is 4.36. The highest BCUT2D eigenvalue weighted by Crippen LogP contribution is 2.29. The molecule has 4 rings (SSSR count). The van der Waals surface area contributed by atoms with Crippen molar-refractivity contribution in [2.24, 2.45) is 5.10 Å². The van der Waals surface area contributed by atoms with Gasteiger partial charge < -0.3 is 19.5 Å². The van der Waals surface area contributed by atoms with Crippen molar-refractivity contribution in [3.8, 4) is 11.5 Å². The summed E-state index contributed by atoms with van der Waals surface area (Å²) in [6.45, 7) is 1.83. The first kappa shape index (κ1) is 32.9. The average Bonchev–Trinajstić information content (AvgIpc) is 3.56. The van der Waals surface area contributed by atoms with Gasteiger partial charge in [0.15, 0.2) is 6.61 Å². The smallest absolute Gasteiger partial charge is 0.273 e. The van der Waals surface area contributed by atoms with Crippen LogP contribution in [-0.4, -0.2) is 70.9 Å². The predicted octanol–water partition coefficient (Wildman–Crippen LogP) is 2.93. The molecule has 1 aliphatic heterocycles. The summed E-state index contributed by atoms with van der Waals surface area (Å²) in [5, 5.41) is 18.1. The lowest BCUT2D eigenvalue weighted by Gasteiger charge is -2.24. The molecule has 0 aromatic heterocycles. The van der Waals surface area contributed by atoms with Gasteiger partial charge in [-0.1, -0.05) is 6.07 Å². The Morgan fingerprint density at radius 2 is 1.80 bits per heavy atom. The van der Waals surface area contributed by atoms with Crippen LogP contribution in [0.2, 0.25) is 0 Å². The summed E-state index contributed by atoms with van der Waals surface area (Å²) in [5.74, 6) is -0.100. The molecule has 45 heavy (non-hydrogen) atoms. The van der Waals surface area contributed by atoms with Crippen molar-refractivity contribution >= 4 is 39.4 Å². The van der Waals surface area contributed by atoms with Gasteiger partial charge in [0.1, 0.15) is 18.0 Å². The highest BCUT2D eigenvalue weighted by molar-refractivity contribution is 7.92. The molecule has 15 heteroatoms. The molecule has 0 saturated carbocycles. The molecule has 1 atom stereocenters. The number of hydrogen-bond acceptors (Lipinski definition) is 10. The van der Waals surface area contributed by atoms with E-state index in [4.69, 9.17) is 14.2 Å². The molecule has 1 aliphatic rings. The number of nitro benzene ring substituents is 1. The highest BCUT2D eigenvalue weighted by Gasteiger charge is 2.29. The van der Waals surface area contributed by atoms with E-state index in [1.807, 2.05) is 0 Å². The van der Waals surface area contributed by atoms with E-state index >= 15 is 0 Å². The van der Waals surface area contributed by atoms with Crippen molar-refractivity contribution in [2.75, 3.05) is 37.7 Å². The minimum atomic E-state index is -4.42. The van der Waals surface area contributed by atoms with Crippen LogP contribution in [-0.2, 0) is 24.3 Å². The zero-order valence-corrected chi connectivity index (χ0v) is 25.5. The predicted molar refractivity (Wildman–Crippen MR) is 165 cm³/mol. The molecule has 2 amide bonds. The van der Waals surface area contributed by atoms with Gasteiger partial charge in [0.25, 0.3) is 27.5 Å². The number of carbonyl (C=O) groups is 2. The van der Waals surface area contributed by atoms with Gasteiger partial charge in [-0.2, -0.15) is 5.10 Å². The second-order valence-corrected chi connectivity index (χ2v) is 11.9. The average molecular weight is 640 g/mol. The minimum Gasteiger partial charge on any atom is -0.497 e. The molecular weight excluding hydrogens is 606 g/mol. The van der Waals surface area contributed by atoms with Gasteiger partial charge in [-0.05, 0) is 79.9 Å². The number of nitrogens with zero attached hydrogens (tertiary/aromatic N) is 3. The second-order valence-electron chi connectivity index (χ2n) is 10.0. The number of methoxy groups -OCH3 is 1. The number of nitrogens with one attached hydrogen (secondary N) is 2. The van der Waals surface area contributed by atoms with E-state index in [9.17, 15) is 28.1 Å². The number of aryl methyl sites for hydroxylation is 1. The Balaban J connectivity index is 1.38. The Hall–Kier alpha value is -5.02. The molecule has 2 N–H and O–H groups in total. The summed E-state index contributed by atoms with van der Waals surface area (Å²) < 4.78 is 44.2. The van der Waals surface area contributed by atoms with Gasteiger partial charge in [0, 0.05) is 24.8 Å². The standard InChI is InChI=1S/C30H33N5O9S/c1-21-5-14-27(16-28(21)35(38)39)45(40,41)34(23-8-12-24(42-2)13-9-23)19-29(36)33-32-17-22-6-10-25(11-7-22)44-20-30(37)31-18-26-4-3-15-43-26/h5-14,16-17,26H,3-4,15,18-20H2,1-2H3,(H,31,37)(H,33,36)/b32-17-/t26-/m1/s1. The number of hydrogen-bond donors (Lipinski definition) is 2. The fourth-order valence-corrected chi connectivity index (χ4v) is 5.81. The Bertz CT molecular complexity index is 1640. The highest BCUT2D eigenvalue weighted by atomic mass is 32.2. The van der Waals surface area contributed by atoms with Gasteiger partial charge in [-0.25, -0.2) is 13.8 Å². The number of sulfonamides is 1. The monoisotopic (exact) mass is 639 g/mol. The SMILES string of the molecule is COc1ccc(N(CC(=O)N/N=C\c2ccc(OCC(=O)NC[C@H]3CCCO3)cc2)S(=O)(=O)c2ccc(C)c([N+](=O)[O-])c2)cc1. The van der Waals surface area contributed by atoms with Crippen LogP contribution >= 0.6 is 0 Å². The first-order valence-corrected chi connectivity index (χ1v) is 15.4. The molecule has 1 saturated heterocycles. The van der Waals surface area contributed by atoms with Crippen LogP contribution in [0.1, 0.15) is 24.0 Å². The number of ether oxygens (including phenoxy) is 3. The fraction of sp³-hybridized carbons (Fsp3) is 0.300. The van der Waals surface area contributed by atoms with E-state index in [0.29, 0.717) is 30.2 Å². The number of carbonyl (C=O) groups excluding carboxylic acids is 2. The Kier molecular flexibility index (Phi) is 11.0. The number of rotatable bonds is 14. The summed E-state index contributed by atoms with van der Waals surface area (Å²) in [7, 11) is -2.96. The van der Waals surface area contributed by atoms with E-state index in [1.165, 1.54) is 56.6 Å². The largest absolute Gasteiger partial charge is 0.497 e. The third-order valence-electron chi connectivity index (χ3n) is 6.82. The zero-order chi connectivity index (χ0) is 32.4. The van der Waals surface area contributed by atoms with Crippen molar-refractivity contribution in [1.82, 2.24) is 10.7 Å². The normalized spacial score (nSPS) is 14.6. The van der Waals surface area contributed by atoms with E-state index in [2.05, 4.69) is 15.8 Å². The van der Waals surface area contributed by atoms with Crippen molar-refractivity contribution in [1.29, 1.82) is 0 Å². The molecule has 0 radical (unpaired) electrons. The maximum atomic E-state index is 13.6. The third-order valence-corrected chi connectivity index (χ3v) is 8.59. The van der Waals surface area contributed by atoms with E-state index < -0.39 is 27.4 Å². The van der Waals surface area contributed by atoms with Crippen LogP contribution in [0.25, 0.3) is 0 Å². The summed E-state index contributed by atoms with van der Waals surface area (Å²) in [4.78, 5) is 35.3. The van der Waals surface area contributed by atoms with Gasteiger partial charge in [-0.3, -0.25) is 24.0 Å². The van der Waals surface area contributed by atoms with Crippen LogP contribution in [0.4, 0.5) is 11.4 Å². The minimum absolute atomic E-state index is 0.0418. The molecule has 0 aliphatic carbocycles. The summed E-state index contributed by atoms with van der Waals surface area (Å²) in [5.41, 5.74) is 2.96. The molecule has 0 unspecified atom stereocenters. The molecular formula is C30H33N5O9S. The van der Waals surface area contributed by atoms with Gasteiger partial charge in [-0.15, -0.1) is 0 Å². The lowest BCUT2D eigenvalue weighted by molar-refractivity contribution is -0.385. The summed E-state index contributed by atoms with van der Waals surface area (Å²) >= 11 is 0. The quantitative estimate of drug-likeness (QED) is 0.152. The lowest BCUT2D eigenvalue weighted by atomic mass is 10.2. The van der Waals surface area contributed by atoms with Crippen molar-refractivity contribution in [3.05, 3.63) is 88.0 Å². The maximum Gasteiger partial charge on any atom is 0.273 e. The van der Waals surface area contributed by atoms with Crippen LogP contribution in [0, 0.1) is 17.0 Å². The topological polar surface area (TPSA) is 179 Å². The zero-order valence-electron chi connectivity index (χ0n) is 24.7. The molecule has 1 heterocycles. The van der Waals surface area contributed by atoms with E-state index in [1.54, 1.807) is 24.3 Å². The van der Waals surface area contributed by atoms with Gasteiger partial charge >= 0.3 is 0 Å². The Labute approximate surface area is 260 Å². The Morgan fingerprint density at radius 1 is 1.09 bits per heavy atom. The van der Waals surface area contributed by atoms with Crippen LogP contribution in [0.5, 0.6) is 11.5 Å². The number of benzene rings is 3. The third kappa shape index (κ3) is 9.00. The van der Waals surface area contributed by atoms with Crippen molar-refractivity contribution < 1.29 is 37.1 Å². The first-order valence-electron chi connectivity index (χ1n) is 13.9. The molecule has 0 bridgehead atoms. The van der Waals surface area contributed by atoms with Crippen LogP contribution in [0.3, 0.4) is 0 Å². The maximum absolute atomic E-state index is 13.6. The van der Waals surface area contributed by atoms with E-state index in [-0.39, 0.29) is 40.5 Å². The molecule has 3 aromatic rings. The van der Waals surface area contributed by atoms with Crippen LogP contribution in [0.15, 0.2) is 76.7 Å². The van der Waals surface area contributed by atoms with Crippen molar-refractivity contribution in [3.63, 3.8) is 0 Å². The summed E-state index contributed by atoms with van der Waals surface area (Å²) in [6.07, 6.45) is 3.30. The van der Waals surface area contributed by atoms with Gasteiger partial charge in [0.2, 0.25) is 0 Å². The van der Waals surface area contributed by atoms with E-state index in [0.717, 1.165) is 23.2 Å². The number of amides is 2. The Morgan fingerprint density at radius 3 is 2.44 bits per heavy atom. The summed E-state index contributed by atoms with van der Waals surface area (Å²) in [6, 6.07) is 16.1. The number of hydrazone groups is 1. The molecule has 1 fully saturated rings. The lowest BCUT2D eigenvalue weighted by Crippen LogP contribution is -2.39. The van der Waals surface area contributed by atoms with Gasteiger partial charge in [0.05, 0.1) is 34.9 Å². The van der Waals surface area contributed by atoms with Crippen molar-refractivity contribution in [2.45, 2.75) is 30.8 Å². The number of anilines is 1. The molecule has 3 aromatic carbocycles. The molecule has 14 nitrogen and oxygen atoms in total. The second kappa shape index (κ2) is 15.1. The molecule has 0 spiro atoms. The number of nitro groups is 1. The van der Waals surface area contributed by atoms with Crippen LogP contribution < -0.4 is 24.5 Å².